The number of aromatic nitrogens is 2. The summed E-state index contributed by atoms with van der Waals surface area (Å²) >= 11 is 0. The van der Waals surface area contributed by atoms with E-state index in [1.165, 1.54) is 4.68 Å². The van der Waals surface area contributed by atoms with E-state index in [2.05, 4.69) is 27.6 Å². The standard InChI is InChI=1S/C18H29N5O2/c1-18(6-3-7-19-13-18)17(25)20-11-14-4-8-23(9-5-14)15-10-16(24)22(2)21-12-15/h10,12,14,19H,3-9,11,13H2,1-2H3,(H,20,25)/t18-/m1/s1. The van der Waals surface area contributed by atoms with Crippen molar-refractivity contribution in [3.63, 3.8) is 0 Å². The summed E-state index contributed by atoms with van der Waals surface area (Å²) < 4.78 is 1.34. The van der Waals surface area contributed by atoms with Gasteiger partial charge in [-0.25, -0.2) is 4.68 Å². The Hall–Kier alpha value is -1.89. The number of aryl methyl sites for hydroxylation is 1. The van der Waals surface area contributed by atoms with Gasteiger partial charge in [-0.1, -0.05) is 0 Å². The Morgan fingerprint density at radius 3 is 2.84 bits per heavy atom. The van der Waals surface area contributed by atoms with E-state index in [1.54, 1.807) is 19.3 Å². The molecule has 2 fully saturated rings. The number of rotatable bonds is 4. The van der Waals surface area contributed by atoms with Crippen LogP contribution in [-0.4, -0.2) is 48.4 Å². The van der Waals surface area contributed by atoms with Crippen molar-refractivity contribution in [1.82, 2.24) is 20.4 Å². The minimum Gasteiger partial charge on any atom is -0.370 e. The van der Waals surface area contributed by atoms with Gasteiger partial charge in [0.2, 0.25) is 5.91 Å². The minimum atomic E-state index is -0.269. The van der Waals surface area contributed by atoms with Crippen LogP contribution in [0.2, 0.25) is 0 Å². The number of hydrogen-bond donors (Lipinski definition) is 2. The summed E-state index contributed by atoms with van der Waals surface area (Å²) in [5.74, 6) is 0.678. The molecule has 2 aliphatic heterocycles. The Morgan fingerprint density at radius 1 is 1.44 bits per heavy atom. The third kappa shape index (κ3) is 4.21. The number of piperidine rings is 2. The second kappa shape index (κ2) is 7.56. The number of nitrogens with zero attached hydrogens (tertiary/aromatic N) is 3. The first kappa shape index (κ1) is 17.9. The number of carbonyl (C=O) groups excluding carboxylic acids is 1. The van der Waals surface area contributed by atoms with Gasteiger partial charge in [0.25, 0.3) is 5.56 Å². The summed E-state index contributed by atoms with van der Waals surface area (Å²) in [7, 11) is 1.66. The van der Waals surface area contributed by atoms with Gasteiger partial charge in [-0.2, -0.15) is 5.10 Å². The molecule has 0 aliphatic carbocycles. The Balaban J connectivity index is 1.47. The summed E-state index contributed by atoms with van der Waals surface area (Å²) in [5, 5.41) is 10.6. The quantitative estimate of drug-likeness (QED) is 0.829. The zero-order valence-corrected chi connectivity index (χ0v) is 15.3. The lowest BCUT2D eigenvalue weighted by Crippen LogP contribution is -2.50. The van der Waals surface area contributed by atoms with Crippen LogP contribution in [0.15, 0.2) is 17.1 Å². The van der Waals surface area contributed by atoms with Gasteiger partial charge in [-0.15, -0.1) is 0 Å². The van der Waals surface area contributed by atoms with Crippen LogP contribution >= 0.6 is 0 Å². The van der Waals surface area contributed by atoms with Crippen molar-refractivity contribution in [1.29, 1.82) is 0 Å². The predicted molar refractivity (Wildman–Crippen MR) is 97.6 cm³/mol. The summed E-state index contributed by atoms with van der Waals surface area (Å²) in [6, 6.07) is 1.64. The lowest BCUT2D eigenvalue weighted by molar-refractivity contribution is -0.131. The fourth-order valence-electron chi connectivity index (χ4n) is 3.73. The summed E-state index contributed by atoms with van der Waals surface area (Å²) in [6.07, 6.45) is 5.81. The molecule has 3 heterocycles. The SMILES string of the molecule is Cn1ncc(N2CCC(CNC(=O)[C@]3(C)CCCNC3)CC2)cc1=O. The predicted octanol–water partition coefficient (Wildman–Crippen LogP) is 0.503. The Bertz CT molecular complexity index is 658. The van der Waals surface area contributed by atoms with Crippen LogP contribution in [-0.2, 0) is 11.8 Å². The fraction of sp³-hybridized carbons (Fsp3) is 0.722. The molecule has 3 rings (SSSR count). The molecule has 0 unspecified atom stereocenters. The molecule has 0 spiro atoms. The highest BCUT2D eigenvalue weighted by Crippen LogP contribution is 2.26. The highest BCUT2D eigenvalue weighted by molar-refractivity contribution is 5.82. The summed E-state index contributed by atoms with van der Waals surface area (Å²) in [6.45, 7) is 6.38. The van der Waals surface area contributed by atoms with E-state index in [4.69, 9.17) is 0 Å². The minimum absolute atomic E-state index is 0.0822. The molecule has 2 N–H and O–H groups in total. The first-order valence-corrected chi connectivity index (χ1v) is 9.25. The van der Waals surface area contributed by atoms with E-state index in [1.807, 2.05) is 0 Å². The van der Waals surface area contributed by atoms with Crippen molar-refractivity contribution in [3.8, 4) is 0 Å². The van der Waals surface area contributed by atoms with Gasteiger partial charge >= 0.3 is 0 Å². The number of amides is 1. The van der Waals surface area contributed by atoms with Crippen LogP contribution in [0, 0.1) is 11.3 Å². The molecule has 138 valence electrons. The Kier molecular flexibility index (Phi) is 5.42. The van der Waals surface area contributed by atoms with E-state index in [0.29, 0.717) is 5.92 Å². The molecule has 0 saturated carbocycles. The van der Waals surface area contributed by atoms with Gasteiger partial charge < -0.3 is 15.5 Å². The van der Waals surface area contributed by atoms with Crippen molar-refractivity contribution in [3.05, 3.63) is 22.6 Å². The molecule has 1 aromatic heterocycles. The third-order valence-electron chi connectivity index (χ3n) is 5.63. The monoisotopic (exact) mass is 347 g/mol. The first-order valence-electron chi connectivity index (χ1n) is 9.25. The maximum absolute atomic E-state index is 12.5. The fourth-order valence-corrected chi connectivity index (χ4v) is 3.73. The molecule has 0 radical (unpaired) electrons. The number of hydrogen-bond acceptors (Lipinski definition) is 5. The topological polar surface area (TPSA) is 79.3 Å². The molecular formula is C18H29N5O2. The highest BCUT2D eigenvalue weighted by atomic mass is 16.2. The average molecular weight is 347 g/mol. The van der Waals surface area contributed by atoms with Gasteiger partial charge in [0, 0.05) is 39.3 Å². The number of nitrogens with one attached hydrogen (secondary N) is 2. The van der Waals surface area contributed by atoms with E-state index in [9.17, 15) is 9.59 Å². The molecule has 1 amide bonds. The Labute approximate surface area is 148 Å². The largest absolute Gasteiger partial charge is 0.370 e. The van der Waals surface area contributed by atoms with Crippen LogP contribution < -0.4 is 21.1 Å². The summed E-state index contributed by atoms with van der Waals surface area (Å²) in [5.41, 5.74) is 0.543. The van der Waals surface area contributed by atoms with Crippen molar-refractivity contribution >= 4 is 11.6 Å². The third-order valence-corrected chi connectivity index (χ3v) is 5.63. The van der Waals surface area contributed by atoms with Gasteiger partial charge in [0.05, 0.1) is 17.3 Å². The zero-order chi connectivity index (χ0) is 17.9. The molecule has 0 bridgehead atoms. The van der Waals surface area contributed by atoms with Crippen LogP contribution in [0.1, 0.15) is 32.6 Å². The number of anilines is 1. The molecule has 2 aliphatic rings. The highest BCUT2D eigenvalue weighted by Gasteiger charge is 2.34. The van der Waals surface area contributed by atoms with Crippen LogP contribution in [0.5, 0.6) is 0 Å². The normalized spacial score (nSPS) is 25.0. The van der Waals surface area contributed by atoms with Gasteiger partial charge in [-0.05, 0) is 45.1 Å². The smallest absolute Gasteiger partial charge is 0.268 e. The van der Waals surface area contributed by atoms with Gasteiger partial charge in [-0.3, -0.25) is 9.59 Å². The molecule has 1 atom stereocenters. The van der Waals surface area contributed by atoms with Gasteiger partial charge in [0.1, 0.15) is 0 Å². The summed E-state index contributed by atoms with van der Waals surface area (Å²) in [4.78, 5) is 26.4. The molecular weight excluding hydrogens is 318 g/mol. The lowest BCUT2D eigenvalue weighted by Gasteiger charge is -2.35. The molecule has 7 nitrogen and oxygen atoms in total. The van der Waals surface area contributed by atoms with Crippen molar-refractivity contribution in [2.75, 3.05) is 37.6 Å². The van der Waals surface area contributed by atoms with Crippen molar-refractivity contribution in [2.24, 2.45) is 18.4 Å². The maximum atomic E-state index is 12.5. The molecule has 1 aromatic rings. The lowest BCUT2D eigenvalue weighted by atomic mass is 9.81. The maximum Gasteiger partial charge on any atom is 0.268 e. The first-order chi connectivity index (χ1) is 12.0. The van der Waals surface area contributed by atoms with E-state index < -0.39 is 0 Å². The number of carbonyl (C=O) groups is 1. The van der Waals surface area contributed by atoms with Crippen LogP contribution in [0.4, 0.5) is 5.69 Å². The van der Waals surface area contributed by atoms with E-state index in [0.717, 1.165) is 64.1 Å². The molecule has 0 aromatic carbocycles. The van der Waals surface area contributed by atoms with Gasteiger partial charge in [0.15, 0.2) is 0 Å². The Morgan fingerprint density at radius 2 is 2.20 bits per heavy atom. The van der Waals surface area contributed by atoms with Crippen molar-refractivity contribution in [2.45, 2.75) is 32.6 Å². The van der Waals surface area contributed by atoms with E-state index in [-0.39, 0.29) is 16.9 Å². The van der Waals surface area contributed by atoms with Crippen molar-refractivity contribution < 1.29 is 4.79 Å². The average Bonchev–Trinajstić information content (AvgIpc) is 2.63. The zero-order valence-electron chi connectivity index (χ0n) is 15.3. The van der Waals surface area contributed by atoms with Crippen LogP contribution in [0.3, 0.4) is 0 Å². The second-order valence-electron chi connectivity index (χ2n) is 7.66. The molecule has 25 heavy (non-hydrogen) atoms. The second-order valence-corrected chi connectivity index (χ2v) is 7.66. The molecule has 7 heteroatoms. The molecule has 2 saturated heterocycles. The van der Waals surface area contributed by atoms with Crippen LogP contribution in [0.25, 0.3) is 0 Å². The van der Waals surface area contributed by atoms with E-state index >= 15 is 0 Å².